The number of carbonyl (C=O) groups excluding carboxylic acids is 6. The zero-order chi connectivity index (χ0) is 37.6. The van der Waals surface area contributed by atoms with E-state index in [9.17, 15) is 37.2 Å². The maximum Gasteiger partial charge on any atom is 0.335 e. The normalized spacial score (nSPS) is 13.5. The number of carbonyl (C=O) groups is 6. The summed E-state index contributed by atoms with van der Waals surface area (Å²) in [6, 6.07) is 5.88. The first kappa shape index (κ1) is 51.4. The Morgan fingerprint density at radius 1 is 0.918 bits per heavy atom. The molecule has 0 N–H and O–H groups in total. The second kappa shape index (κ2) is 27.7. The fourth-order valence-corrected chi connectivity index (χ4v) is 6.98. The average Bonchev–Trinajstić information content (AvgIpc) is 3.52. The summed E-state index contributed by atoms with van der Waals surface area (Å²) < 4.78 is 25.9. The molecule has 0 unspecified atom stereocenters. The fraction of sp³-hybridized carbons (Fsp3) is 0.581. The molecule has 0 atom stereocenters. The largest absolute Gasteiger partial charge is 0.335 e. The predicted octanol–water partition coefficient (Wildman–Crippen LogP) is 6.32. The van der Waals surface area contributed by atoms with Gasteiger partial charge in [0.15, 0.2) is 0 Å². The molecule has 0 aromatic carbocycles. The molecule has 0 radical (unpaired) electrons. The Morgan fingerprint density at radius 3 is 1.69 bits per heavy atom. The van der Waals surface area contributed by atoms with Crippen molar-refractivity contribution in [2.45, 2.75) is 92.0 Å². The Hall–Kier alpha value is -2.00. The number of ketones is 1. The molecule has 49 heavy (non-hydrogen) atoms. The first-order chi connectivity index (χ1) is 22.2. The molecule has 4 amide bonds. The molecule has 0 spiro atoms. The van der Waals surface area contributed by atoms with Crippen molar-refractivity contribution in [3.63, 3.8) is 0 Å². The zero-order valence-corrected chi connectivity index (χ0v) is 34.3. The second-order valence-corrected chi connectivity index (χ2v) is 17.8. The van der Waals surface area contributed by atoms with E-state index in [-0.39, 0.29) is 55.2 Å². The summed E-state index contributed by atoms with van der Waals surface area (Å²) >= 11 is 2.08. The van der Waals surface area contributed by atoms with Crippen LogP contribution in [0.1, 0.15) is 75.7 Å². The molecule has 18 heteroatoms. The monoisotopic (exact) mass is 879 g/mol. The molecule has 13 nitrogen and oxygen atoms in total. The van der Waals surface area contributed by atoms with Crippen LogP contribution in [0.3, 0.4) is 0 Å². The predicted molar refractivity (Wildman–Crippen MR) is 206 cm³/mol. The fourth-order valence-electron chi connectivity index (χ4n) is 2.69. The smallest absolute Gasteiger partial charge is 0.330 e. The van der Waals surface area contributed by atoms with Crippen LogP contribution in [0.15, 0.2) is 41.6 Å². The van der Waals surface area contributed by atoms with Crippen LogP contribution in [-0.4, -0.2) is 87.8 Å². The van der Waals surface area contributed by atoms with Gasteiger partial charge in [-0.15, -0.1) is 5.06 Å². The van der Waals surface area contributed by atoms with E-state index >= 15 is 0 Å². The van der Waals surface area contributed by atoms with E-state index in [2.05, 4.69) is 36.6 Å². The average molecular weight is 880 g/mol. The van der Waals surface area contributed by atoms with Crippen molar-refractivity contribution >= 4 is 99.5 Å². The molecule has 3 heterocycles. The highest BCUT2D eigenvalue weighted by Crippen LogP contribution is 2.25. The van der Waals surface area contributed by atoms with Crippen molar-refractivity contribution in [2.24, 2.45) is 11.8 Å². The summed E-state index contributed by atoms with van der Waals surface area (Å²) in [5, 5.41) is 1.68. The van der Waals surface area contributed by atoms with Crippen molar-refractivity contribution < 1.29 is 46.2 Å². The first-order valence-electron chi connectivity index (χ1n) is 14.6. The van der Waals surface area contributed by atoms with Crippen molar-refractivity contribution in [3.05, 3.63) is 36.5 Å². The van der Waals surface area contributed by atoms with Gasteiger partial charge in [0.25, 0.3) is 23.6 Å². The number of halogens is 1. The number of amides is 4. The van der Waals surface area contributed by atoms with Crippen LogP contribution in [0.2, 0.25) is 0 Å². The van der Waals surface area contributed by atoms with Crippen LogP contribution in [0.25, 0.3) is 0 Å². The topological polar surface area (TPSA) is 174 Å². The van der Waals surface area contributed by atoms with Gasteiger partial charge in [-0.25, -0.2) is 9.78 Å². The molecule has 3 rings (SSSR count). The Kier molecular flexibility index (Phi) is 29.0. The molecule has 1 aromatic rings. The Labute approximate surface area is 316 Å². The summed E-state index contributed by atoms with van der Waals surface area (Å²) in [4.78, 5) is 75.1. The van der Waals surface area contributed by atoms with Crippen molar-refractivity contribution in [3.8, 4) is 0 Å². The Bertz CT molecular complexity index is 1290. The molecule has 1 fully saturated rings. The van der Waals surface area contributed by atoms with Gasteiger partial charge in [-0.1, -0.05) is 88.4 Å². The molecular formula is C31H50IN3O10S4. The lowest BCUT2D eigenvalue weighted by molar-refractivity contribution is -0.199. The minimum Gasteiger partial charge on any atom is -0.330 e. The lowest BCUT2D eigenvalue weighted by Gasteiger charge is -2.17. The highest BCUT2D eigenvalue weighted by molar-refractivity contribution is 14.1. The van der Waals surface area contributed by atoms with Gasteiger partial charge in [-0.3, -0.25) is 33.1 Å². The molecular weight excluding hydrogens is 830 g/mol. The minimum absolute atomic E-state index is 0. The van der Waals surface area contributed by atoms with Gasteiger partial charge in [0.05, 0.1) is 17.5 Å². The lowest BCUT2D eigenvalue weighted by Crippen LogP contribution is -2.36. The number of pyridine rings is 1. The van der Waals surface area contributed by atoms with Gasteiger partial charge < -0.3 is 4.84 Å². The van der Waals surface area contributed by atoms with Gasteiger partial charge in [-0.05, 0) is 53.8 Å². The number of hydrogen-bond acceptors (Lipinski definition) is 14. The molecule has 280 valence electrons. The number of hydrogen-bond donors (Lipinski definition) is 0. The van der Waals surface area contributed by atoms with E-state index in [0.29, 0.717) is 15.3 Å². The quantitative estimate of drug-likeness (QED) is 0.111. The summed E-state index contributed by atoms with van der Waals surface area (Å²) in [6.07, 6.45) is 6.69. The van der Waals surface area contributed by atoms with E-state index in [1.807, 2.05) is 52.1 Å². The van der Waals surface area contributed by atoms with E-state index in [1.165, 1.54) is 17.1 Å². The Balaban J connectivity index is -0.000000545. The number of nitrogens with zero attached hydrogens (tertiary/aromatic N) is 3. The third-order valence-electron chi connectivity index (χ3n) is 5.11. The molecule has 0 saturated carbocycles. The van der Waals surface area contributed by atoms with Gasteiger partial charge in [0.2, 0.25) is 0 Å². The number of Topliss-reactive ketones (excluding diaryl/α,β-unsaturated/α-hetero) is 1. The summed E-state index contributed by atoms with van der Waals surface area (Å²) in [7, 11) is 2.05. The lowest BCUT2D eigenvalue weighted by atomic mass is 10.1. The van der Waals surface area contributed by atoms with Crippen molar-refractivity contribution in [1.82, 2.24) is 14.9 Å². The maximum atomic E-state index is 11.0. The van der Waals surface area contributed by atoms with Gasteiger partial charge in [-0.2, -0.15) is 8.42 Å². The molecule has 1 aromatic heterocycles. The highest BCUT2D eigenvalue weighted by Gasteiger charge is 2.33. The Morgan fingerprint density at radius 2 is 1.43 bits per heavy atom. The standard InChI is InChI=1S/C8H11NO4.C7H9NO2.C6H7NS2.C5H9IO.C4H10O3S2.CH4/c1-5(2)8(12)13-9-6(10)3-4-7(9)11;1-5(2)8-6(9)3-4-7(8)10;1-8-9-6-4-2-3-5-7-6;1-4(2)5(7)3-6;1-4(2)8-9(5,6)7-3;/h5H,3-4H2,1-2H3;3-5H,1-2H3;2-5H,1H3;4H,3H2,1-2H3;4H,1-3H3;1H4. The van der Waals surface area contributed by atoms with E-state index < -0.39 is 26.9 Å². The molecule has 0 bridgehead atoms. The SMILES string of the molecule is C.CC(C)C(=O)CI.CC(C)C(=O)ON1C(=O)CCC1=O.CC(C)N1C(=O)C=CC1=O.COS(=O)(=O)SC(C)C.CSSc1ccccn1. The van der Waals surface area contributed by atoms with Gasteiger partial charge in [0, 0.05) is 48.4 Å². The summed E-state index contributed by atoms with van der Waals surface area (Å²) in [5.41, 5.74) is 0. The third-order valence-corrected chi connectivity index (χ3v) is 10.8. The maximum absolute atomic E-state index is 11.0. The minimum atomic E-state index is -3.30. The third kappa shape index (κ3) is 23.9. The number of hydroxylamine groups is 2. The van der Waals surface area contributed by atoms with Crippen LogP contribution >= 0.6 is 55.0 Å². The van der Waals surface area contributed by atoms with Crippen LogP contribution in [0, 0.1) is 11.8 Å². The number of imide groups is 2. The van der Waals surface area contributed by atoms with Crippen LogP contribution < -0.4 is 0 Å². The van der Waals surface area contributed by atoms with Crippen molar-refractivity contribution in [1.29, 1.82) is 0 Å². The zero-order valence-electron chi connectivity index (χ0n) is 28.8. The summed E-state index contributed by atoms with van der Waals surface area (Å²) in [6.45, 7) is 14.3. The molecule has 1 saturated heterocycles. The number of aromatic nitrogens is 1. The number of rotatable bonds is 10. The van der Waals surface area contributed by atoms with Gasteiger partial charge in [0.1, 0.15) is 10.8 Å². The molecule has 0 aliphatic carbocycles. The number of alkyl halides is 1. The van der Waals surface area contributed by atoms with Crippen LogP contribution in [0.5, 0.6) is 0 Å². The first-order valence-corrected chi connectivity index (χ1v) is 21.4. The van der Waals surface area contributed by atoms with Crippen LogP contribution in [0.4, 0.5) is 0 Å². The van der Waals surface area contributed by atoms with E-state index in [1.54, 1.807) is 55.5 Å². The summed E-state index contributed by atoms with van der Waals surface area (Å²) in [5.74, 6) is -1.67. The van der Waals surface area contributed by atoms with Crippen LogP contribution in [-0.2, 0) is 46.9 Å². The van der Waals surface area contributed by atoms with E-state index in [0.717, 1.165) is 22.9 Å². The highest BCUT2D eigenvalue weighted by atomic mass is 127. The molecule has 2 aliphatic rings. The molecule has 2 aliphatic heterocycles. The second-order valence-electron chi connectivity index (χ2n) is 10.5. The van der Waals surface area contributed by atoms with Gasteiger partial charge >= 0.3 is 15.1 Å². The van der Waals surface area contributed by atoms with Crippen molar-refractivity contribution in [2.75, 3.05) is 17.8 Å². The van der Waals surface area contributed by atoms with E-state index in [4.69, 9.17) is 0 Å².